The maximum Gasteiger partial charge on any atom is 0.258 e. The second-order valence-electron chi connectivity index (χ2n) is 6.07. The SMILES string of the molecule is COc1ccc(-c2csc(NC(=O)c3cc(Cl)nc4ccccc34)n2)c(OC)c1. The second kappa shape index (κ2) is 8.06. The molecule has 0 aliphatic rings. The van der Waals surface area contributed by atoms with E-state index in [1.807, 2.05) is 41.8 Å². The van der Waals surface area contributed by atoms with Crippen molar-refractivity contribution in [3.05, 3.63) is 64.6 Å². The number of ether oxygens (including phenoxy) is 2. The van der Waals surface area contributed by atoms with Crippen LogP contribution >= 0.6 is 22.9 Å². The predicted molar refractivity (Wildman–Crippen MR) is 115 cm³/mol. The second-order valence-corrected chi connectivity index (χ2v) is 7.31. The van der Waals surface area contributed by atoms with Crippen LogP contribution in [-0.2, 0) is 0 Å². The fraction of sp³-hybridized carbons (Fsp3) is 0.0952. The average molecular weight is 426 g/mol. The van der Waals surface area contributed by atoms with Crippen LogP contribution in [0.4, 0.5) is 5.13 Å². The van der Waals surface area contributed by atoms with Crippen LogP contribution in [0, 0.1) is 0 Å². The Morgan fingerprint density at radius 3 is 2.69 bits per heavy atom. The minimum atomic E-state index is -0.298. The van der Waals surface area contributed by atoms with Gasteiger partial charge in [-0.2, -0.15) is 0 Å². The lowest BCUT2D eigenvalue weighted by Gasteiger charge is -2.08. The molecular formula is C21H16ClN3O3S. The van der Waals surface area contributed by atoms with Crippen LogP contribution in [0.1, 0.15) is 10.4 Å². The van der Waals surface area contributed by atoms with E-state index in [9.17, 15) is 4.79 Å². The third kappa shape index (κ3) is 3.87. The van der Waals surface area contributed by atoms with Crippen LogP contribution < -0.4 is 14.8 Å². The molecule has 0 saturated heterocycles. The Bertz CT molecular complexity index is 1210. The Labute approximate surface area is 176 Å². The number of hydrogen-bond donors (Lipinski definition) is 1. The first-order valence-corrected chi connectivity index (χ1v) is 9.89. The monoisotopic (exact) mass is 425 g/mol. The summed E-state index contributed by atoms with van der Waals surface area (Å²) in [7, 11) is 3.19. The van der Waals surface area contributed by atoms with E-state index in [0.29, 0.717) is 33.4 Å². The summed E-state index contributed by atoms with van der Waals surface area (Å²) in [5, 5.41) is 6.16. The van der Waals surface area contributed by atoms with Gasteiger partial charge in [0.15, 0.2) is 5.13 Å². The van der Waals surface area contributed by atoms with E-state index in [0.717, 1.165) is 10.9 Å². The zero-order valence-corrected chi connectivity index (χ0v) is 17.2. The van der Waals surface area contributed by atoms with E-state index in [4.69, 9.17) is 21.1 Å². The first kappa shape index (κ1) is 19.2. The highest BCUT2D eigenvalue weighted by molar-refractivity contribution is 7.14. The summed E-state index contributed by atoms with van der Waals surface area (Å²) in [6.07, 6.45) is 0. The first-order valence-electron chi connectivity index (χ1n) is 8.63. The number of anilines is 1. The van der Waals surface area contributed by atoms with Crippen LogP contribution in [0.5, 0.6) is 11.5 Å². The quantitative estimate of drug-likeness (QED) is 0.440. The lowest BCUT2D eigenvalue weighted by molar-refractivity contribution is 0.102. The number of thiazole rings is 1. The van der Waals surface area contributed by atoms with Crippen molar-refractivity contribution in [1.29, 1.82) is 0 Å². The number of nitrogens with one attached hydrogen (secondary N) is 1. The van der Waals surface area contributed by atoms with Gasteiger partial charge in [-0.3, -0.25) is 10.1 Å². The molecule has 1 amide bonds. The van der Waals surface area contributed by atoms with Gasteiger partial charge >= 0.3 is 0 Å². The Balaban J connectivity index is 1.63. The number of nitrogens with zero attached hydrogens (tertiary/aromatic N) is 2. The minimum Gasteiger partial charge on any atom is -0.497 e. The van der Waals surface area contributed by atoms with E-state index in [-0.39, 0.29) is 11.1 Å². The topological polar surface area (TPSA) is 73.3 Å². The highest BCUT2D eigenvalue weighted by Crippen LogP contribution is 2.35. The number of carbonyl (C=O) groups excluding carboxylic acids is 1. The number of pyridine rings is 1. The van der Waals surface area contributed by atoms with Crippen molar-refractivity contribution in [2.24, 2.45) is 0 Å². The largest absolute Gasteiger partial charge is 0.497 e. The molecule has 6 nitrogen and oxygen atoms in total. The summed E-state index contributed by atoms with van der Waals surface area (Å²) in [6, 6.07) is 14.4. The molecule has 0 radical (unpaired) electrons. The molecule has 0 atom stereocenters. The number of halogens is 1. The molecule has 2 heterocycles. The van der Waals surface area contributed by atoms with Crippen LogP contribution in [0.25, 0.3) is 22.2 Å². The lowest BCUT2D eigenvalue weighted by atomic mass is 10.1. The Morgan fingerprint density at radius 1 is 1.07 bits per heavy atom. The zero-order valence-electron chi connectivity index (χ0n) is 15.6. The van der Waals surface area contributed by atoms with Crippen molar-refractivity contribution in [3.8, 4) is 22.8 Å². The van der Waals surface area contributed by atoms with Crippen molar-refractivity contribution < 1.29 is 14.3 Å². The Kier molecular flexibility index (Phi) is 5.33. The van der Waals surface area contributed by atoms with Gasteiger partial charge in [0.1, 0.15) is 16.7 Å². The third-order valence-corrected chi connectivity index (χ3v) is 5.29. The predicted octanol–water partition coefficient (Wildman–Crippen LogP) is 5.28. The van der Waals surface area contributed by atoms with Gasteiger partial charge in [-0.05, 0) is 24.3 Å². The molecule has 0 spiro atoms. The number of hydrogen-bond acceptors (Lipinski definition) is 6. The van der Waals surface area contributed by atoms with Crippen LogP contribution in [0.2, 0.25) is 5.15 Å². The van der Waals surface area contributed by atoms with Crippen LogP contribution in [-0.4, -0.2) is 30.1 Å². The number of amides is 1. The molecule has 29 heavy (non-hydrogen) atoms. The van der Waals surface area contributed by atoms with Crippen molar-refractivity contribution >= 4 is 44.9 Å². The molecule has 0 aliphatic carbocycles. The fourth-order valence-electron chi connectivity index (χ4n) is 2.96. The Morgan fingerprint density at radius 2 is 1.90 bits per heavy atom. The molecule has 0 fully saturated rings. The molecule has 0 aliphatic heterocycles. The molecule has 4 rings (SSSR count). The van der Waals surface area contributed by atoms with Crippen LogP contribution in [0.3, 0.4) is 0 Å². The highest BCUT2D eigenvalue weighted by Gasteiger charge is 2.16. The van der Waals surface area contributed by atoms with E-state index in [2.05, 4.69) is 15.3 Å². The summed E-state index contributed by atoms with van der Waals surface area (Å²) in [5.41, 5.74) is 2.61. The molecule has 1 N–H and O–H groups in total. The zero-order chi connectivity index (χ0) is 20.4. The van der Waals surface area contributed by atoms with Gasteiger partial charge in [-0.1, -0.05) is 29.8 Å². The highest BCUT2D eigenvalue weighted by atomic mass is 35.5. The van der Waals surface area contributed by atoms with Crippen molar-refractivity contribution in [2.75, 3.05) is 19.5 Å². The van der Waals surface area contributed by atoms with Crippen LogP contribution in [0.15, 0.2) is 53.9 Å². The van der Waals surface area contributed by atoms with E-state index in [1.54, 1.807) is 26.4 Å². The smallest absolute Gasteiger partial charge is 0.258 e. The van der Waals surface area contributed by atoms with Crippen molar-refractivity contribution in [1.82, 2.24) is 9.97 Å². The van der Waals surface area contributed by atoms with E-state index < -0.39 is 0 Å². The maximum absolute atomic E-state index is 12.9. The normalized spacial score (nSPS) is 10.7. The first-order chi connectivity index (χ1) is 14.1. The number of rotatable bonds is 5. The average Bonchev–Trinajstić information content (AvgIpc) is 3.20. The van der Waals surface area contributed by atoms with Crippen molar-refractivity contribution in [2.45, 2.75) is 0 Å². The van der Waals surface area contributed by atoms with E-state index in [1.165, 1.54) is 11.3 Å². The van der Waals surface area contributed by atoms with Gasteiger partial charge in [-0.15, -0.1) is 11.3 Å². The Hall–Kier alpha value is -3.16. The number of benzene rings is 2. The summed E-state index contributed by atoms with van der Waals surface area (Å²) >= 11 is 7.41. The number of carbonyl (C=O) groups is 1. The van der Waals surface area contributed by atoms with Gasteiger partial charge in [0.2, 0.25) is 0 Å². The summed E-state index contributed by atoms with van der Waals surface area (Å²) in [5.74, 6) is 1.03. The van der Waals surface area contributed by atoms with Gasteiger partial charge < -0.3 is 9.47 Å². The molecule has 4 aromatic rings. The molecule has 0 bridgehead atoms. The van der Waals surface area contributed by atoms with Gasteiger partial charge in [0.05, 0.1) is 31.0 Å². The number of fused-ring (bicyclic) bond motifs is 1. The molecular weight excluding hydrogens is 410 g/mol. The van der Waals surface area contributed by atoms with Gasteiger partial charge in [0, 0.05) is 22.4 Å². The van der Waals surface area contributed by atoms with Crippen molar-refractivity contribution in [3.63, 3.8) is 0 Å². The number of methoxy groups -OCH3 is 2. The van der Waals surface area contributed by atoms with Gasteiger partial charge in [-0.25, -0.2) is 9.97 Å². The standard InChI is InChI=1S/C21H16ClN3O3S/c1-27-12-7-8-14(18(9-12)28-2)17-11-29-21(24-17)25-20(26)15-10-19(22)23-16-6-4-3-5-13(15)16/h3-11H,1-2H3,(H,24,25,26). The number of para-hydroxylation sites is 1. The molecule has 146 valence electrons. The molecule has 8 heteroatoms. The maximum atomic E-state index is 12.9. The molecule has 2 aromatic heterocycles. The number of aromatic nitrogens is 2. The third-order valence-electron chi connectivity index (χ3n) is 4.34. The summed E-state index contributed by atoms with van der Waals surface area (Å²) in [6.45, 7) is 0. The molecule has 2 aromatic carbocycles. The van der Waals surface area contributed by atoms with E-state index >= 15 is 0 Å². The minimum absolute atomic E-state index is 0.261. The van der Waals surface area contributed by atoms with Gasteiger partial charge in [0.25, 0.3) is 5.91 Å². The lowest BCUT2D eigenvalue weighted by Crippen LogP contribution is -2.12. The summed E-state index contributed by atoms with van der Waals surface area (Å²) in [4.78, 5) is 21.6. The fourth-order valence-corrected chi connectivity index (χ4v) is 3.87. The molecule has 0 saturated carbocycles. The summed E-state index contributed by atoms with van der Waals surface area (Å²) < 4.78 is 10.7. The molecule has 0 unspecified atom stereocenters.